The van der Waals surface area contributed by atoms with Gasteiger partial charge in [0.1, 0.15) is 17.0 Å². The monoisotopic (exact) mass is 348 g/mol. The summed E-state index contributed by atoms with van der Waals surface area (Å²) in [6, 6.07) is 18.6. The van der Waals surface area contributed by atoms with Crippen molar-refractivity contribution in [1.29, 1.82) is 0 Å². The van der Waals surface area contributed by atoms with E-state index in [2.05, 4.69) is 4.99 Å². The number of furan rings is 1. The number of nitrogens with two attached hydrogens (primary N) is 1. The molecule has 1 aliphatic rings. The molecule has 122 valence electrons. The number of rotatable bonds is 1. The maximum atomic E-state index is 11.6. The summed E-state index contributed by atoms with van der Waals surface area (Å²) in [5.41, 5.74) is 7.65. The normalized spacial score (nSPS) is 19.4. The Morgan fingerprint density at radius 3 is 2.64 bits per heavy atom. The Labute approximate surface area is 148 Å². The Morgan fingerprint density at radius 2 is 1.76 bits per heavy atom. The first-order valence-corrected chi connectivity index (χ1v) is 8.24. The molecule has 1 unspecified atom stereocenters. The minimum Gasteiger partial charge on any atom is -0.456 e. The van der Waals surface area contributed by atoms with E-state index < -0.39 is 5.60 Å². The second kappa shape index (κ2) is 4.85. The molecule has 1 atom stereocenters. The Kier molecular flexibility index (Phi) is 2.82. The summed E-state index contributed by atoms with van der Waals surface area (Å²) in [5.74, 6) is 0.109. The average molecular weight is 349 g/mol. The molecule has 2 heterocycles. The van der Waals surface area contributed by atoms with Crippen LogP contribution >= 0.6 is 11.6 Å². The van der Waals surface area contributed by atoms with Crippen molar-refractivity contribution in [3.8, 4) is 0 Å². The van der Waals surface area contributed by atoms with Gasteiger partial charge < -0.3 is 15.3 Å². The molecular formula is C20H13ClN2O2. The Bertz CT molecular complexity index is 1190. The molecule has 4 aromatic rings. The molecule has 0 saturated heterocycles. The third-order valence-electron chi connectivity index (χ3n) is 4.75. The molecule has 0 aliphatic carbocycles. The van der Waals surface area contributed by atoms with Gasteiger partial charge in [0, 0.05) is 26.9 Å². The van der Waals surface area contributed by atoms with Crippen LogP contribution in [0.2, 0.25) is 5.02 Å². The molecule has 5 heteroatoms. The zero-order valence-electron chi connectivity index (χ0n) is 13.0. The quantitative estimate of drug-likeness (QED) is 0.533. The summed E-state index contributed by atoms with van der Waals surface area (Å²) in [6.07, 6.45) is 0. The van der Waals surface area contributed by atoms with Crippen LogP contribution in [-0.2, 0) is 5.60 Å². The van der Waals surface area contributed by atoms with Crippen molar-refractivity contribution in [2.75, 3.05) is 0 Å². The summed E-state index contributed by atoms with van der Waals surface area (Å²) in [7, 11) is 0. The number of hydrogen-bond acceptors (Lipinski definition) is 4. The minimum atomic E-state index is -1.58. The molecule has 5 rings (SSSR count). The molecule has 0 amide bonds. The van der Waals surface area contributed by atoms with Crippen molar-refractivity contribution in [2.24, 2.45) is 10.7 Å². The fraction of sp³-hybridized carbons (Fsp3) is 0.0500. The highest BCUT2D eigenvalue weighted by molar-refractivity contribution is 6.31. The molecule has 1 aromatic heterocycles. The van der Waals surface area contributed by atoms with E-state index in [0.29, 0.717) is 27.4 Å². The van der Waals surface area contributed by atoms with Crippen LogP contribution in [0.15, 0.2) is 70.1 Å². The fourth-order valence-corrected chi connectivity index (χ4v) is 3.73. The van der Waals surface area contributed by atoms with E-state index in [1.54, 1.807) is 18.2 Å². The maximum absolute atomic E-state index is 11.6. The lowest BCUT2D eigenvalue weighted by Gasteiger charge is -2.24. The van der Waals surface area contributed by atoms with E-state index in [0.717, 1.165) is 16.4 Å². The van der Waals surface area contributed by atoms with Crippen molar-refractivity contribution in [3.63, 3.8) is 0 Å². The van der Waals surface area contributed by atoms with Gasteiger partial charge >= 0.3 is 0 Å². The SMILES string of the molecule is NC1=Nc2ccc(Cl)cc2C1(O)c1cccc2c1oc1ccccc12. The lowest BCUT2D eigenvalue weighted by molar-refractivity contribution is 0.159. The first-order valence-electron chi connectivity index (χ1n) is 7.87. The topological polar surface area (TPSA) is 71.8 Å². The van der Waals surface area contributed by atoms with Crippen LogP contribution in [0.5, 0.6) is 0 Å². The van der Waals surface area contributed by atoms with Gasteiger partial charge in [0.25, 0.3) is 0 Å². The lowest BCUT2D eigenvalue weighted by Crippen LogP contribution is -2.39. The molecule has 1 aliphatic heterocycles. The van der Waals surface area contributed by atoms with Gasteiger partial charge in [0.05, 0.1) is 5.69 Å². The number of benzene rings is 3. The van der Waals surface area contributed by atoms with Gasteiger partial charge in [-0.2, -0.15) is 0 Å². The number of para-hydroxylation sites is 2. The number of aliphatic imine (C=N–C) groups is 1. The molecule has 0 fully saturated rings. The molecule has 0 spiro atoms. The molecule has 3 aromatic carbocycles. The van der Waals surface area contributed by atoms with Crippen molar-refractivity contribution in [3.05, 3.63) is 76.8 Å². The van der Waals surface area contributed by atoms with Crippen LogP contribution in [0.4, 0.5) is 5.69 Å². The maximum Gasteiger partial charge on any atom is 0.178 e. The van der Waals surface area contributed by atoms with Gasteiger partial charge in [0.2, 0.25) is 0 Å². The molecular weight excluding hydrogens is 336 g/mol. The van der Waals surface area contributed by atoms with Crippen LogP contribution in [0, 0.1) is 0 Å². The Hall–Kier alpha value is -2.82. The number of fused-ring (bicyclic) bond motifs is 4. The van der Waals surface area contributed by atoms with Crippen LogP contribution in [0.1, 0.15) is 11.1 Å². The number of nitrogens with zero attached hydrogens (tertiary/aromatic N) is 1. The van der Waals surface area contributed by atoms with Crippen molar-refractivity contribution in [1.82, 2.24) is 0 Å². The third-order valence-corrected chi connectivity index (χ3v) is 4.99. The third kappa shape index (κ3) is 1.83. The fourth-order valence-electron chi connectivity index (χ4n) is 3.56. The molecule has 0 saturated carbocycles. The summed E-state index contributed by atoms with van der Waals surface area (Å²) in [4.78, 5) is 4.33. The van der Waals surface area contributed by atoms with Crippen LogP contribution in [0.25, 0.3) is 21.9 Å². The van der Waals surface area contributed by atoms with E-state index in [4.69, 9.17) is 21.8 Å². The molecule has 0 radical (unpaired) electrons. The van der Waals surface area contributed by atoms with Crippen LogP contribution in [0.3, 0.4) is 0 Å². The summed E-state index contributed by atoms with van der Waals surface area (Å²) in [6.45, 7) is 0. The highest BCUT2D eigenvalue weighted by atomic mass is 35.5. The zero-order chi connectivity index (χ0) is 17.2. The highest BCUT2D eigenvalue weighted by Crippen LogP contribution is 2.46. The van der Waals surface area contributed by atoms with Gasteiger partial charge in [-0.3, -0.25) is 0 Å². The number of halogens is 1. The van der Waals surface area contributed by atoms with Gasteiger partial charge in [0.15, 0.2) is 5.60 Å². The van der Waals surface area contributed by atoms with E-state index in [9.17, 15) is 5.11 Å². The van der Waals surface area contributed by atoms with Crippen molar-refractivity contribution >= 4 is 45.1 Å². The minimum absolute atomic E-state index is 0.109. The molecule has 0 bridgehead atoms. The van der Waals surface area contributed by atoms with Gasteiger partial charge in [-0.1, -0.05) is 48.0 Å². The number of hydrogen-bond donors (Lipinski definition) is 2. The number of amidine groups is 1. The molecule has 25 heavy (non-hydrogen) atoms. The van der Waals surface area contributed by atoms with Crippen LogP contribution < -0.4 is 5.73 Å². The number of aliphatic hydroxyl groups is 1. The lowest BCUT2D eigenvalue weighted by atomic mass is 9.85. The zero-order valence-corrected chi connectivity index (χ0v) is 13.8. The average Bonchev–Trinajstić information content (AvgIpc) is 3.12. The standard InChI is InChI=1S/C20H13ClN2O2/c21-11-8-9-16-15(10-11)20(24,19(22)23-16)14-6-3-5-13-12-4-1-2-7-17(12)25-18(13)14/h1-10,24H,(H2,22,23). The van der Waals surface area contributed by atoms with Gasteiger partial charge in [-0.05, 0) is 24.3 Å². The van der Waals surface area contributed by atoms with Gasteiger partial charge in [-0.15, -0.1) is 0 Å². The highest BCUT2D eigenvalue weighted by Gasteiger charge is 2.44. The van der Waals surface area contributed by atoms with Crippen molar-refractivity contribution in [2.45, 2.75) is 5.60 Å². The second-order valence-electron chi connectivity index (χ2n) is 6.15. The van der Waals surface area contributed by atoms with E-state index >= 15 is 0 Å². The smallest absolute Gasteiger partial charge is 0.178 e. The van der Waals surface area contributed by atoms with Crippen LogP contribution in [-0.4, -0.2) is 10.9 Å². The predicted octanol–water partition coefficient (Wildman–Crippen LogP) is 4.48. The summed E-state index contributed by atoms with van der Waals surface area (Å²) >= 11 is 6.14. The van der Waals surface area contributed by atoms with Crippen molar-refractivity contribution < 1.29 is 9.52 Å². The first kappa shape index (κ1) is 14.5. The Morgan fingerprint density at radius 1 is 0.960 bits per heavy atom. The molecule has 4 nitrogen and oxygen atoms in total. The van der Waals surface area contributed by atoms with E-state index in [1.807, 2.05) is 42.5 Å². The van der Waals surface area contributed by atoms with E-state index in [1.165, 1.54) is 0 Å². The van der Waals surface area contributed by atoms with E-state index in [-0.39, 0.29) is 5.84 Å². The Balaban J connectivity index is 1.88. The summed E-state index contributed by atoms with van der Waals surface area (Å²) in [5, 5.41) is 14.0. The second-order valence-corrected chi connectivity index (χ2v) is 6.59. The van der Waals surface area contributed by atoms with Gasteiger partial charge in [-0.25, -0.2) is 4.99 Å². The molecule has 3 N–H and O–H groups in total. The predicted molar refractivity (Wildman–Crippen MR) is 99.5 cm³/mol. The summed E-state index contributed by atoms with van der Waals surface area (Å²) < 4.78 is 6.05. The first-order chi connectivity index (χ1) is 12.1. The largest absolute Gasteiger partial charge is 0.456 e.